The molecule has 25 heavy (non-hydrogen) atoms. The first-order valence-electron chi connectivity index (χ1n) is 8.59. The number of ether oxygens (including phenoxy) is 1. The first-order valence-corrected chi connectivity index (χ1v) is 8.59. The van der Waals surface area contributed by atoms with Crippen LogP contribution in [0.2, 0.25) is 0 Å². The lowest BCUT2D eigenvalue weighted by Gasteiger charge is -2.38. The molecule has 4 rings (SSSR count). The summed E-state index contributed by atoms with van der Waals surface area (Å²) < 4.78 is 44.8. The van der Waals surface area contributed by atoms with E-state index in [1.165, 1.54) is 17.7 Å². The van der Waals surface area contributed by atoms with Crippen LogP contribution >= 0.6 is 0 Å². The minimum atomic E-state index is -4.30. The number of hydrogen-bond acceptors (Lipinski definition) is 2. The van der Waals surface area contributed by atoms with Crippen molar-refractivity contribution in [2.24, 2.45) is 0 Å². The Morgan fingerprint density at radius 1 is 1.00 bits per heavy atom. The van der Waals surface area contributed by atoms with Crippen LogP contribution in [-0.4, -0.2) is 23.6 Å². The summed E-state index contributed by atoms with van der Waals surface area (Å²) in [7, 11) is 0. The molecule has 1 fully saturated rings. The van der Waals surface area contributed by atoms with Gasteiger partial charge in [-0.3, -0.25) is 4.90 Å². The third-order valence-corrected chi connectivity index (χ3v) is 5.24. The quantitative estimate of drug-likeness (QED) is 0.782. The fourth-order valence-electron chi connectivity index (χ4n) is 3.85. The Morgan fingerprint density at radius 2 is 1.72 bits per heavy atom. The van der Waals surface area contributed by atoms with E-state index < -0.39 is 11.7 Å². The molecule has 2 aliphatic rings. The topological polar surface area (TPSA) is 12.5 Å². The van der Waals surface area contributed by atoms with Gasteiger partial charge in [-0.1, -0.05) is 30.3 Å². The maximum absolute atomic E-state index is 12.9. The van der Waals surface area contributed by atoms with Crippen molar-refractivity contribution in [1.29, 1.82) is 0 Å². The maximum Gasteiger partial charge on any atom is 0.416 e. The molecule has 0 amide bonds. The van der Waals surface area contributed by atoms with Crippen LogP contribution in [0.15, 0.2) is 48.5 Å². The zero-order valence-electron chi connectivity index (χ0n) is 13.9. The molecule has 0 aromatic heterocycles. The number of piperidine rings is 1. The normalized spacial score (nSPS) is 19.6. The monoisotopic (exact) mass is 347 g/mol. The van der Waals surface area contributed by atoms with Gasteiger partial charge in [0.2, 0.25) is 0 Å². The molecule has 0 N–H and O–H groups in total. The van der Waals surface area contributed by atoms with E-state index in [1.54, 1.807) is 0 Å². The molecule has 1 saturated heterocycles. The van der Waals surface area contributed by atoms with E-state index in [1.807, 2.05) is 18.2 Å². The number of likely N-dealkylation sites (tertiary alicyclic amines) is 1. The Labute approximate surface area is 145 Å². The molecule has 132 valence electrons. The molecule has 0 saturated carbocycles. The number of alkyl halides is 3. The number of benzene rings is 2. The Kier molecular flexibility index (Phi) is 3.99. The van der Waals surface area contributed by atoms with Crippen LogP contribution in [-0.2, 0) is 19.1 Å². The average molecular weight is 347 g/mol. The van der Waals surface area contributed by atoms with Crippen LogP contribution in [0.1, 0.15) is 29.5 Å². The van der Waals surface area contributed by atoms with E-state index in [9.17, 15) is 13.2 Å². The molecule has 2 heterocycles. The van der Waals surface area contributed by atoms with Gasteiger partial charge in [0.1, 0.15) is 11.4 Å². The van der Waals surface area contributed by atoms with Crippen molar-refractivity contribution >= 4 is 0 Å². The third kappa shape index (κ3) is 3.38. The second-order valence-electron chi connectivity index (χ2n) is 7.04. The second kappa shape index (κ2) is 6.06. The molecule has 2 nitrogen and oxygen atoms in total. The lowest BCUT2D eigenvalue weighted by atomic mass is 9.86. The minimum Gasteiger partial charge on any atom is -0.487 e. The summed E-state index contributed by atoms with van der Waals surface area (Å²) in [5, 5.41) is 0. The van der Waals surface area contributed by atoms with Crippen molar-refractivity contribution in [3.05, 3.63) is 65.2 Å². The standard InChI is InChI=1S/C20H20F3NO/c21-20(22,23)17-6-7-18-16(12-17)13-19(25-18)8-10-24(11-9-19)14-15-4-2-1-3-5-15/h1-7,12H,8-11,13-14H2. The van der Waals surface area contributed by atoms with Crippen LogP contribution in [0.25, 0.3) is 0 Å². The van der Waals surface area contributed by atoms with E-state index in [2.05, 4.69) is 17.0 Å². The predicted molar refractivity (Wildman–Crippen MR) is 89.5 cm³/mol. The van der Waals surface area contributed by atoms with Crippen LogP contribution in [0.3, 0.4) is 0 Å². The highest BCUT2D eigenvalue weighted by Crippen LogP contribution is 2.43. The van der Waals surface area contributed by atoms with Gasteiger partial charge in [0.15, 0.2) is 0 Å². The molecule has 0 radical (unpaired) electrons. The largest absolute Gasteiger partial charge is 0.487 e. The SMILES string of the molecule is FC(F)(F)c1ccc2c(c1)CC1(CCN(Cc3ccccc3)CC1)O2. The van der Waals surface area contributed by atoms with Gasteiger partial charge in [0.05, 0.1) is 5.56 Å². The molecule has 2 aromatic rings. The van der Waals surface area contributed by atoms with Crippen molar-refractivity contribution < 1.29 is 17.9 Å². The number of fused-ring (bicyclic) bond motifs is 1. The highest BCUT2D eigenvalue weighted by atomic mass is 19.4. The van der Waals surface area contributed by atoms with Gasteiger partial charge in [0, 0.05) is 38.9 Å². The molecule has 1 spiro atoms. The molecule has 0 atom stereocenters. The zero-order chi connectivity index (χ0) is 17.5. The number of hydrogen-bond donors (Lipinski definition) is 0. The summed E-state index contributed by atoms with van der Waals surface area (Å²) in [6, 6.07) is 14.2. The lowest BCUT2D eigenvalue weighted by molar-refractivity contribution is -0.137. The van der Waals surface area contributed by atoms with Crippen molar-refractivity contribution in [3.8, 4) is 5.75 Å². The van der Waals surface area contributed by atoms with E-state index >= 15 is 0 Å². The predicted octanol–water partition coefficient (Wildman–Crippen LogP) is 4.68. The molecule has 0 bridgehead atoms. The molecule has 2 aliphatic heterocycles. The van der Waals surface area contributed by atoms with Crippen LogP contribution in [0, 0.1) is 0 Å². The molecule has 5 heteroatoms. The van der Waals surface area contributed by atoms with Gasteiger partial charge in [-0.05, 0) is 29.3 Å². The van der Waals surface area contributed by atoms with Gasteiger partial charge >= 0.3 is 6.18 Å². The maximum atomic E-state index is 12.9. The Hall–Kier alpha value is -2.01. The van der Waals surface area contributed by atoms with Gasteiger partial charge < -0.3 is 4.74 Å². The summed E-state index contributed by atoms with van der Waals surface area (Å²) in [5.74, 6) is 0.615. The second-order valence-corrected chi connectivity index (χ2v) is 7.04. The zero-order valence-corrected chi connectivity index (χ0v) is 13.9. The Bertz CT molecular complexity index is 749. The van der Waals surface area contributed by atoms with E-state index in [-0.39, 0.29) is 5.60 Å². The number of rotatable bonds is 2. The van der Waals surface area contributed by atoms with Crippen molar-refractivity contribution in [2.45, 2.75) is 37.6 Å². The first-order chi connectivity index (χ1) is 11.9. The molecular weight excluding hydrogens is 327 g/mol. The Balaban J connectivity index is 1.42. The van der Waals surface area contributed by atoms with Crippen LogP contribution in [0.4, 0.5) is 13.2 Å². The fourth-order valence-corrected chi connectivity index (χ4v) is 3.85. The Morgan fingerprint density at radius 3 is 2.40 bits per heavy atom. The van der Waals surface area contributed by atoms with Gasteiger partial charge in [-0.25, -0.2) is 0 Å². The summed E-state index contributed by atoms with van der Waals surface area (Å²) in [5.41, 5.74) is 1.04. The smallest absolute Gasteiger partial charge is 0.416 e. The van der Waals surface area contributed by atoms with E-state index in [0.717, 1.165) is 38.5 Å². The average Bonchev–Trinajstić information content (AvgIpc) is 2.94. The first kappa shape index (κ1) is 16.5. The lowest BCUT2D eigenvalue weighted by Crippen LogP contribution is -2.46. The number of nitrogens with zero attached hydrogens (tertiary/aromatic N) is 1. The number of halogens is 3. The van der Waals surface area contributed by atoms with Crippen molar-refractivity contribution in [3.63, 3.8) is 0 Å². The summed E-state index contributed by atoms with van der Waals surface area (Å²) in [6.07, 6.45) is -2.04. The van der Waals surface area contributed by atoms with Gasteiger partial charge in [-0.2, -0.15) is 13.2 Å². The van der Waals surface area contributed by atoms with Crippen molar-refractivity contribution in [1.82, 2.24) is 4.90 Å². The van der Waals surface area contributed by atoms with E-state index in [4.69, 9.17) is 4.74 Å². The molecular formula is C20H20F3NO. The molecule has 2 aromatic carbocycles. The highest BCUT2D eigenvalue weighted by molar-refractivity contribution is 5.43. The van der Waals surface area contributed by atoms with E-state index in [0.29, 0.717) is 17.7 Å². The third-order valence-electron chi connectivity index (χ3n) is 5.24. The highest BCUT2D eigenvalue weighted by Gasteiger charge is 2.43. The summed E-state index contributed by atoms with van der Waals surface area (Å²) in [6.45, 7) is 2.70. The summed E-state index contributed by atoms with van der Waals surface area (Å²) in [4.78, 5) is 2.38. The minimum absolute atomic E-state index is 0.334. The van der Waals surface area contributed by atoms with Crippen molar-refractivity contribution in [2.75, 3.05) is 13.1 Å². The summed E-state index contributed by atoms with van der Waals surface area (Å²) >= 11 is 0. The van der Waals surface area contributed by atoms with Crippen LogP contribution < -0.4 is 4.74 Å². The molecule has 0 unspecified atom stereocenters. The van der Waals surface area contributed by atoms with Crippen LogP contribution in [0.5, 0.6) is 5.75 Å². The van der Waals surface area contributed by atoms with Gasteiger partial charge in [-0.15, -0.1) is 0 Å². The molecule has 0 aliphatic carbocycles. The van der Waals surface area contributed by atoms with Gasteiger partial charge in [0.25, 0.3) is 0 Å². The fraction of sp³-hybridized carbons (Fsp3) is 0.400.